The highest BCUT2D eigenvalue weighted by atomic mass is 16.5. The predicted molar refractivity (Wildman–Crippen MR) is 73.4 cm³/mol. The van der Waals surface area contributed by atoms with Crippen molar-refractivity contribution in [3.63, 3.8) is 0 Å². The molecular formula is C14H30N2O. The third kappa shape index (κ3) is 3.21. The zero-order chi connectivity index (χ0) is 13.1. The molecule has 1 fully saturated rings. The molecule has 0 bridgehead atoms. The Bertz CT molecular complexity index is 230. The van der Waals surface area contributed by atoms with E-state index in [2.05, 4.69) is 45.0 Å². The Hall–Kier alpha value is -0.120. The number of methoxy groups -OCH3 is 1. The van der Waals surface area contributed by atoms with Gasteiger partial charge in [0.2, 0.25) is 0 Å². The Kier molecular flexibility index (Phi) is 5.42. The van der Waals surface area contributed by atoms with E-state index in [-0.39, 0.29) is 0 Å². The van der Waals surface area contributed by atoms with Crippen molar-refractivity contribution < 1.29 is 4.74 Å². The number of likely N-dealkylation sites (N-methyl/N-ethyl adjacent to an activating group) is 2. The third-order valence-electron chi connectivity index (χ3n) is 4.39. The lowest BCUT2D eigenvalue weighted by Crippen LogP contribution is -2.54. The molecular weight excluding hydrogens is 212 g/mol. The van der Waals surface area contributed by atoms with E-state index in [0.717, 1.165) is 13.2 Å². The zero-order valence-corrected chi connectivity index (χ0v) is 12.4. The van der Waals surface area contributed by atoms with Gasteiger partial charge in [-0.15, -0.1) is 0 Å². The van der Waals surface area contributed by atoms with Crippen molar-refractivity contribution in [1.29, 1.82) is 0 Å². The van der Waals surface area contributed by atoms with E-state index in [0.29, 0.717) is 23.5 Å². The number of hydrogen-bond donors (Lipinski definition) is 1. The monoisotopic (exact) mass is 242 g/mol. The molecule has 0 heterocycles. The molecule has 1 saturated carbocycles. The highest BCUT2D eigenvalue weighted by Gasteiger charge is 2.44. The molecule has 1 aliphatic rings. The van der Waals surface area contributed by atoms with Crippen LogP contribution in [0.1, 0.15) is 40.5 Å². The molecule has 102 valence electrons. The number of ether oxygens (including phenoxy) is 1. The minimum atomic E-state index is 0.402. The van der Waals surface area contributed by atoms with Crippen LogP contribution in [0.4, 0.5) is 0 Å². The largest absolute Gasteiger partial charge is 0.383 e. The van der Waals surface area contributed by atoms with Crippen molar-refractivity contribution in [2.45, 2.75) is 58.7 Å². The van der Waals surface area contributed by atoms with Crippen LogP contribution in [-0.2, 0) is 4.74 Å². The van der Waals surface area contributed by atoms with Crippen LogP contribution in [0, 0.1) is 5.41 Å². The number of nitrogens with one attached hydrogen (secondary N) is 1. The summed E-state index contributed by atoms with van der Waals surface area (Å²) < 4.78 is 5.30. The van der Waals surface area contributed by atoms with Crippen LogP contribution in [0.15, 0.2) is 0 Å². The molecule has 0 aromatic carbocycles. The van der Waals surface area contributed by atoms with Gasteiger partial charge in [0.15, 0.2) is 0 Å². The van der Waals surface area contributed by atoms with Gasteiger partial charge in [-0.3, -0.25) is 4.90 Å². The van der Waals surface area contributed by atoms with E-state index in [1.54, 1.807) is 7.11 Å². The first-order valence-electron chi connectivity index (χ1n) is 6.89. The number of rotatable bonds is 6. The summed E-state index contributed by atoms with van der Waals surface area (Å²) in [5, 5.41) is 3.53. The van der Waals surface area contributed by atoms with E-state index in [4.69, 9.17) is 4.74 Å². The second-order valence-corrected chi connectivity index (χ2v) is 6.00. The molecule has 3 nitrogen and oxygen atoms in total. The molecule has 0 saturated heterocycles. The van der Waals surface area contributed by atoms with Gasteiger partial charge in [0, 0.05) is 25.2 Å². The minimum absolute atomic E-state index is 0.402. The summed E-state index contributed by atoms with van der Waals surface area (Å²) in [7, 11) is 3.89. The lowest BCUT2D eigenvalue weighted by molar-refractivity contribution is 0.0591. The van der Waals surface area contributed by atoms with Gasteiger partial charge in [-0.05, 0) is 38.8 Å². The van der Waals surface area contributed by atoms with E-state index in [1.165, 1.54) is 12.8 Å². The highest BCUT2D eigenvalue weighted by Crippen LogP contribution is 2.40. The average molecular weight is 242 g/mol. The fraction of sp³-hybridized carbons (Fsp3) is 1.00. The lowest BCUT2D eigenvalue weighted by Gasteiger charge is -2.39. The smallest absolute Gasteiger partial charge is 0.0615 e. The second kappa shape index (κ2) is 6.17. The Balaban J connectivity index is 2.75. The SMILES string of the molecule is CCN(C(C)COC)C1CCC(C)(C)C1NC. The van der Waals surface area contributed by atoms with Crippen LogP contribution in [0.25, 0.3) is 0 Å². The van der Waals surface area contributed by atoms with Crippen LogP contribution in [0.5, 0.6) is 0 Å². The maximum atomic E-state index is 5.30. The van der Waals surface area contributed by atoms with Gasteiger partial charge in [-0.1, -0.05) is 20.8 Å². The summed E-state index contributed by atoms with van der Waals surface area (Å²) in [6.45, 7) is 11.2. The van der Waals surface area contributed by atoms with Crippen LogP contribution < -0.4 is 5.32 Å². The van der Waals surface area contributed by atoms with Crippen LogP contribution in [-0.4, -0.2) is 50.3 Å². The topological polar surface area (TPSA) is 24.5 Å². The molecule has 3 atom stereocenters. The molecule has 0 radical (unpaired) electrons. The molecule has 0 aliphatic heterocycles. The maximum Gasteiger partial charge on any atom is 0.0615 e. The van der Waals surface area contributed by atoms with Crippen molar-refractivity contribution in [1.82, 2.24) is 10.2 Å². The van der Waals surface area contributed by atoms with E-state index in [1.807, 2.05) is 0 Å². The molecule has 0 amide bonds. The lowest BCUT2D eigenvalue weighted by atomic mass is 9.86. The summed E-state index contributed by atoms with van der Waals surface area (Å²) in [5.74, 6) is 0. The first-order chi connectivity index (χ1) is 7.97. The van der Waals surface area contributed by atoms with Crippen LogP contribution in [0.2, 0.25) is 0 Å². The Morgan fingerprint density at radius 1 is 1.47 bits per heavy atom. The van der Waals surface area contributed by atoms with Gasteiger partial charge < -0.3 is 10.1 Å². The quantitative estimate of drug-likeness (QED) is 0.772. The molecule has 17 heavy (non-hydrogen) atoms. The van der Waals surface area contributed by atoms with Gasteiger partial charge in [0.25, 0.3) is 0 Å². The Morgan fingerprint density at radius 2 is 2.12 bits per heavy atom. The van der Waals surface area contributed by atoms with Crippen molar-refractivity contribution in [2.24, 2.45) is 5.41 Å². The summed E-state index contributed by atoms with van der Waals surface area (Å²) in [6.07, 6.45) is 2.60. The second-order valence-electron chi connectivity index (χ2n) is 6.00. The van der Waals surface area contributed by atoms with Gasteiger partial charge in [-0.2, -0.15) is 0 Å². The van der Waals surface area contributed by atoms with Crippen molar-refractivity contribution in [3.8, 4) is 0 Å². The van der Waals surface area contributed by atoms with Gasteiger partial charge >= 0.3 is 0 Å². The van der Waals surface area contributed by atoms with Gasteiger partial charge in [-0.25, -0.2) is 0 Å². The van der Waals surface area contributed by atoms with Crippen molar-refractivity contribution in [2.75, 3.05) is 27.3 Å². The maximum absolute atomic E-state index is 5.30. The first-order valence-corrected chi connectivity index (χ1v) is 6.89. The normalized spacial score (nSPS) is 29.8. The summed E-state index contributed by atoms with van der Waals surface area (Å²) in [4.78, 5) is 2.60. The zero-order valence-electron chi connectivity index (χ0n) is 12.4. The third-order valence-corrected chi connectivity index (χ3v) is 4.39. The molecule has 1 N–H and O–H groups in total. The predicted octanol–water partition coefficient (Wildman–Crippen LogP) is 2.12. The highest BCUT2D eigenvalue weighted by molar-refractivity contribution is 5.01. The van der Waals surface area contributed by atoms with Gasteiger partial charge in [0.1, 0.15) is 0 Å². The van der Waals surface area contributed by atoms with Gasteiger partial charge in [0.05, 0.1) is 6.61 Å². The number of hydrogen-bond acceptors (Lipinski definition) is 3. The first kappa shape index (κ1) is 14.9. The van der Waals surface area contributed by atoms with E-state index < -0.39 is 0 Å². The molecule has 0 aromatic rings. The van der Waals surface area contributed by atoms with Crippen LogP contribution >= 0.6 is 0 Å². The van der Waals surface area contributed by atoms with Crippen molar-refractivity contribution >= 4 is 0 Å². The molecule has 1 rings (SSSR count). The number of nitrogens with zero attached hydrogens (tertiary/aromatic N) is 1. The van der Waals surface area contributed by atoms with E-state index >= 15 is 0 Å². The Labute approximate surface area is 107 Å². The fourth-order valence-electron chi connectivity index (χ4n) is 3.51. The Morgan fingerprint density at radius 3 is 2.59 bits per heavy atom. The standard InChI is InChI=1S/C14H30N2O/c1-7-16(11(2)10-17-6)12-8-9-14(3,4)13(12)15-5/h11-13,15H,7-10H2,1-6H3. The summed E-state index contributed by atoms with van der Waals surface area (Å²) >= 11 is 0. The van der Waals surface area contributed by atoms with Crippen molar-refractivity contribution in [3.05, 3.63) is 0 Å². The molecule has 3 heteroatoms. The van der Waals surface area contributed by atoms with E-state index in [9.17, 15) is 0 Å². The molecule has 0 spiro atoms. The molecule has 3 unspecified atom stereocenters. The fourth-order valence-corrected chi connectivity index (χ4v) is 3.51. The minimum Gasteiger partial charge on any atom is -0.383 e. The average Bonchev–Trinajstić information content (AvgIpc) is 2.55. The van der Waals surface area contributed by atoms with Crippen LogP contribution in [0.3, 0.4) is 0 Å². The summed E-state index contributed by atoms with van der Waals surface area (Å²) in [6, 6.07) is 1.73. The summed E-state index contributed by atoms with van der Waals surface area (Å²) in [5.41, 5.74) is 0.402. The molecule has 0 aromatic heterocycles. The molecule has 1 aliphatic carbocycles.